The van der Waals surface area contributed by atoms with Gasteiger partial charge in [-0.3, -0.25) is 0 Å². The maximum atomic E-state index is 8.75. The van der Waals surface area contributed by atoms with E-state index in [9.17, 15) is 0 Å². The Kier molecular flexibility index (Phi) is 28.8. The van der Waals surface area contributed by atoms with Crippen LogP contribution >= 0.6 is 0 Å². The standard InChI is InChI=1S/C28H59NO/c29-27-25-23-21-19-17-15-13-11-9-7-5-3-1-2-4-6-8-10-12-14-16-18-20-22-24-26-28-30/h30H,1-29H2. The van der Waals surface area contributed by atoms with Gasteiger partial charge in [-0.1, -0.05) is 154 Å². The highest BCUT2D eigenvalue weighted by atomic mass is 16.2. The molecule has 182 valence electrons. The molecule has 0 bridgehead atoms. The highest BCUT2D eigenvalue weighted by Gasteiger charge is 1.96. The van der Waals surface area contributed by atoms with Crippen molar-refractivity contribution in [1.82, 2.24) is 0 Å². The summed E-state index contributed by atoms with van der Waals surface area (Å²) in [5, 5.41) is 8.75. The Morgan fingerprint density at radius 2 is 0.433 bits per heavy atom. The van der Waals surface area contributed by atoms with E-state index in [1.54, 1.807) is 0 Å². The lowest BCUT2D eigenvalue weighted by molar-refractivity contribution is 0.282. The molecule has 0 amide bonds. The number of rotatable bonds is 27. The van der Waals surface area contributed by atoms with Crippen LogP contribution in [0.1, 0.15) is 167 Å². The second kappa shape index (κ2) is 28.9. The average molecular weight is 426 g/mol. The maximum Gasteiger partial charge on any atom is 0.0431 e. The molecule has 3 N–H and O–H groups in total. The Hall–Kier alpha value is -0.0800. The van der Waals surface area contributed by atoms with E-state index < -0.39 is 0 Å². The highest BCUT2D eigenvalue weighted by Crippen LogP contribution is 2.15. The molecule has 30 heavy (non-hydrogen) atoms. The maximum absolute atomic E-state index is 8.75. The zero-order valence-corrected chi connectivity index (χ0v) is 20.8. The number of aliphatic hydroxyl groups excluding tert-OH is 1. The van der Waals surface area contributed by atoms with E-state index >= 15 is 0 Å². The molecule has 0 spiro atoms. The molecule has 2 heteroatoms. The molecule has 0 saturated carbocycles. The van der Waals surface area contributed by atoms with Gasteiger partial charge >= 0.3 is 0 Å². The predicted octanol–water partition coefficient (Wildman–Crippen LogP) is 9.08. The first kappa shape index (κ1) is 29.9. The summed E-state index contributed by atoms with van der Waals surface area (Å²) in [6.45, 7) is 1.24. The minimum absolute atomic E-state index is 0.372. The summed E-state index contributed by atoms with van der Waals surface area (Å²) >= 11 is 0. The quantitative estimate of drug-likeness (QED) is 0.129. The molecule has 0 aliphatic carbocycles. The van der Waals surface area contributed by atoms with Crippen LogP contribution in [-0.2, 0) is 0 Å². The van der Waals surface area contributed by atoms with Crippen LogP contribution < -0.4 is 5.73 Å². The first-order valence-electron chi connectivity index (χ1n) is 14.2. The second-order valence-corrected chi connectivity index (χ2v) is 9.70. The van der Waals surface area contributed by atoms with Gasteiger partial charge < -0.3 is 10.8 Å². The molecular weight excluding hydrogens is 366 g/mol. The number of hydrogen-bond acceptors (Lipinski definition) is 2. The van der Waals surface area contributed by atoms with Gasteiger partial charge in [-0.15, -0.1) is 0 Å². The van der Waals surface area contributed by atoms with E-state index in [1.165, 1.54) is 161 Å². The van der Waals surface area contributed by atoms with Crippen molar-refractivity contribution in [2.45, 2.75) is 167 Å². The summed E-state index contributed by atoms with van der Waals surface area (Å²) in [4.78, 5) is 0. The third kappa shape index (κ3) is 27.9. The lowest BCUT2D eigenvalue weighted by Crippen LogP contribution is -1.97. The zero-order valence-electron chi connectivity index (χ0n) is 20.8. The molecule has 0 aliphatic rings. The summed E-state index contributed by atoms with van der Waals surface area (Å²) < 4.78 is 0. The molecule has 0 radical (unpaired) electrons. The van der Waals surface area contributed by atoms with Gasteiger partial charge in [-0.2, -0.15) is 0 Å². The average Bonchev–Trinajstić information content (AvgIpc) is 2.76. The second-order valence-electron chi connectivity index (χ2n) is 9.70. The van der Waals surface area contributed by atoms with E-state index in [0.717, 1.165) is 13.0 Å². The minimum Gasteiger partial charge on any atom is -0.396 e. The number of aliphatic hydroxyl groups is 1. The predicted molar refractivity (Wildman–Crippen MR) is 136 cm³/mol. The van der Waals surface area contributed by atoms with Crippen molar-refractivity contribution in [3.63, 3.8) is 0 Å². The molecule has 0 unspecified atom stereocenters. The molecular formula is C28H59NO. The van der Waals surface area contributed by atoms with Crippen molar-refractivity contribution in [1.29, 1.82) is 0 Å². The van der Waals surface area contributed by atoms with Crippen molar-refractivity contribution < 1.29 is 5.11 Å². The Morgan fingerprint density at radius 3 is 0.600 bits per heavy atom. The van der Waals surface area contributed by atoms with E-state index in [0.29, 0.717) is 6.61 Å². The number of unbranched alkanes of at least 4 members (excludes halogenated alkanes) is 25. The molecule has 0 fully saturated rings. The molecule has 0 aromatic rings. The van der Waals surface area contributed by atoms with Crippen molar-refractivity contribution in [3.05, 3.63) is 0 Å². The van der Waals surface area contributed by atoms with E-state index in [2.05, 4.69) is 0 Å². The number of hydrogen-bond donors (Lipinski definition) is 2. The molecule has 0 saturated heterocycles. The molecule has 0 atom stereocenters. The van der Waals surface area contributed by atoms with E-state index in [4.69, 9.17) is 10.8 Å². The summed E-state index contributed by atoms with van der Waals surface area (Å²) in [6.07, 6.45) is 36.5. The Labute approximate surface area is 191 Å². The first-order valence-corrected chi connectivity index (χ1v) is 14.2. The van der Waals surface area contributed by atoms with Crippen LogP contribution in [0.2, 0.25) is 0 Å². The monoisotopic (exact) mass is 425 g/mol. The molecule has 0 aromatic heterocycles. The fraction of sp³-hybridized carbons (Fsp3) is 1.00. The van der Waals surface area contributed by atoms with Gasteiger partial charge in [0, 0.05) is 6.61 Å². The fourth-order valence-corrected chi connectivity index (χ4v) is 4.50. The lowest BCUT2D eigenvalue weighted by atomic mass is 10.0. The molecule has 0 heterocycles. The third-order valence-corrected chi connectivity index (χ3v) is 6.61. The normalized spacial score (nSPS) is 11.4. The number of nitrogens with two attached hydrogens (primary N) is 1. The van der Waals surface area contributed by atoms with Crippen molar-refractivity contribution in [2.24, 2.45) is 5.73 Å². The minimum atomic E-state index is 0.372. The van der Waals surface area contributed by atoms with Crippen LogP contribution in [0, 0.1) is 0 Å². The SMILES string of the molecule is NCCCCCCCCCCCCCCCCCCCCCCCCCCCCO. The topological polar surface area (TPSA) is 46.2 Å². The van der Waals surface area contributed by atoms with E-state index in [1.807, 2.05) is 0 Å². The summed E-state index contributed by atoms with van der Waals surface area (Å²) in [6, 6.07) is 0. The van der Waals surface area contributed by atoms with Crippen LogP contribution in [0.25, 0.3) is 0 Å². The van der Waals surface area contributed by atoms with Gasteiger partial charge in [-0.05, 0) is 19.4 Å². The molecule has 0 aliphatic heterocycles. The molecule has 2 nitrogen and oxygen atoms in total. The van der Waals surface area contributed by atoms with Crippen LogP contribution in [0.15, 0.2) is 0 Å². The van der Waals surface area contributed by atoms with Crippen molar-refractivity contribution in [2.75, 3.05) is 13.2 Å². The van der Waals surface area contributed by atoms with Crippen LogP contribution in [-0.4, -0.2) is 18.3 Å². The summed E-state index contributed by atoms with van der Waals surface area (Å²) in [5.74, 6) is 0. The Morgan fingerprint density at radius 1 is 0.267 bits per heavy atom. The smallest absolute Gasteiger partial charge is 0.0431 e. The molecule has 0 rings (SSSR count). The van der Waals surface area contributed by atoms with Gasteiger partial charge in [0.15, 0.2) is 0 Å². The van der Waals surface area contributed by atoms with E-state index in [-0.39, 0.29) is 0 Å². The van der Waals surface area contributed by atoms with Crippen LogP contribution in [0.5, 0.6) is 0 Å². The van der Waals surface area contributed by atoms with Gasteiger partial charge in [0.1, 0.15) is 0 Å². The van der Waals surface area contributed by atoms with Gasteiger partial charge in [-0.25, -0.2) is 0 Å². The van der Waals surface area contributed by atoms with Crippen molar-refractivity contribution in [3.8, 4) is 0 Å². The van der Waals surface area contributed by atoms with Gasteiger partial charge in [0.25, 0.3) is 0 Å². The van der Waals surface area contributed by atoms with Gasteiger partial charge in [0.2, 0.25) is 0 Å². The Balaban J connectivity index is 2.97. The van der Waals surface area contributed by atoms with Crippen LogP contribution in [0.3, 0.4) is 0 Å². The fourth-order valence-electron chi connectivity index (χ4n) is 4.50. The highest BCUT2D eigenvalue weighted by molar-refractivity contribution is 4.52. The van der Waals surface area contributed by atoms with Gasteiger partial charge in [0.05, 0.1) is 0 Å². The third-order valence-electron chi connectivity index (χ3n) is 6.61. The summed E-state index contributed by atoms with van der Waals surface area (Å²) in [5.41, 5.74) is 5.53. The van der Waals surface area contributed by atoms with Crippen molar-refractivity contribution >= 4 is 0 Å². The first-order chi connectivity index (χ1) is 14.9. The largest absolute Gasteiger partial charge is 0.396 e. The lowest BCUT2D eigenvalue weighted by Gasteiger charge is -2.04. The molecule has 0 aromatic carbocycles. The zero-order chi connectivity index (χ0) is 21.8. The summed E-state index contributed by atoms with van der Waals surface area (Å²) in [7, 11) is 0. The Bertz CT molecular complexity index is 254. The van der Waals surface area contributed by atoms with Crippen LogP contribution in [0.4, 0.5) is 0 Å².